The second-order valence-electron chi connectivity index (χ2n) is 4.00. The Bertz CT molecular complexity index is 753. The zero-order valence-electron chi connectivity index (χ0n) is 9.96. The van der Waals surface area contributed by atoms with E-state index in [-0.39, 0.29) is 5.95 Å². The zero-order valence-corrected chi connectivity index (χ0v) is 9.96. The third-order valence-corrected chi connectivity index (χ3v) is 2.65. The van der Waals surface area contributed by atoms with Crippen molar-refractivity contribution in [3.63, 3.8) is 0 Å². The molecule has 0 fully saturated rings. The minimum atomic E-state index is -0.937. The smallest absolute Gasteiger partial charge is 0.217 e. The van der Waals surface area contributed by atoms with Gasteiger partial charge in [-0.1, -0.05) is 6.07 Å². The summed E-state index contributed by atoms with van der Waals surface area (Å²) in [5.41, 5.74) is 1.04. The fourth-order valence-corrected chi connectivity index (χ4v) is 1.68. The maximum Gasteiger partial charge on any atom is 0.250 e. The lowest BCUT2D eigenvalue weighted by molar-refractivity contribution is 0.509. The Hall–Kier alpha value is -2.70. The highest BCUT2D eigenvalue weighted by molar-refractivity contribution is 5.62. The van der Waals surface area contributed by atoms with Gasteiger partial charge in [-0.05, 0) is 17.7 Å². The van der Waals surface area contributed by atoms with Gasteiger partial charge in [-0.15, -0.1) is 0 Å². The molecule has 3 aromatic rings. The van der Waals surface area contributed by atoms with Crippen LogP contribution in [0.2, 0.25) is 0 Å². The Balaban J connectivity index is 1.97. The van der Waals surface area contributed by atoms with Crippen molar-refractivity contribution in [1.29, 1.82) is 0 Å². The summed E-state index contributed by atoms with van der Waals surface area (Å²) in [5.74, 6) is -2.22. The zero-order chi connectivity index (χ0) is 14.1. The summed E-state index contributed by atoms with van der Waals surface area (Å²) in [7, 11) is 0. The van der Waals surface area contributed by atoms with E-state index in [4.69, 9.17) is 0 Å². The van der Waals surface area contributed by atoms with Crippen LogP contribution in [0.1, 0.15) is 0 Å². The van der Waals surface area contributed by atoms with E-state index in [1.807, 2.05) is 0 Å². The minimum Gasteiger partial charge on any atom is -0.217 e. The van der Waals surface area contributed by atoms with Crippen molar-refractivity contribution in [2.24, 2.45) is 0 Å². The molecule has 0 aliphatic heterocycles. The van der Waals surface area contributed by atoms with E-state index in [1.165, 1.54) is 16.9 Å². The first kappa shape index (κ1) is 12.3. The summed E-state index contributed by atoms with van der Waals surface area (Å²) in [6.07, 6.45) is 5.03. The van der Waals surface area contributed by atoms with Gasteiger partial charge in [-0.2, -0.15) is 5.10 Å². The lowest BCUT2D eigenvalue weighted by Gasteiger charge is -1.99. The van der Waals surface area contributed by atoms with Crippen molar-refractivity contribution in [3.8, 4) is 17.1 Å². The molecule has 0 amide bonds. The Labute approximate surface area is 111 Å². The molecule has 0 saturated heterocycles. The number of aromatic nitrogens is 4. The van der Waals surface area contributed by atoms with Gasteiger partial charge < -0.3 is 0 Å². The predicted octanol–water partition coefficient (Wildman–Crippen LogP) is 2.75. The molecule has 100 valence electrons. The van der Waals surface area contributed by atoms with Crippen LogP contribution >= 0.6 is 0 Å². The quantitative estimate of drug-likeness (QED) is 0.723. The standard InChI is InChI=1S/C13H7F3N4/c14-10-5-17-13(18-6-10)20-7-9(4-19-20)8-1-2-11(15)12(16)3-8/h1-7H. The second kappa shape index (κ2) is 4.76. The highest BCUT2D eigenvalue weighted by Gasteiger charge is 2.08. The number of rotatable bonds is 2. The van der Waals surface area contributed by atoms with E-state index < -0.39 is 17.5 Å². The molecule has 0 saturated carbocycles. The van der Waals surface area contributed by atoms with Gasteiger partial charge in [-0.3, -0.25) is 0 Å². The summed E-state index contributed by atoms with van der Waals surface area (Å²) in [6.45, 7) is 0. The molecule has 0 unspecified atom stereocenters. The van der Waals surface area contributed by atoms with Gasteiger partial charge >= 0.3 is 0 Å². The molecule has 0 bridgehead atoms. The molecule has 0 atom stereocenters. The predicted molar refractivity (Wildman–Crippen MR) is 64.5 cm³/mol. The Kier molecular flexibility index (Phi) is 2.94. The molecule has 0 spiro atoms. The molecule has 1 aromatic carbocycles. The molecule has 0 aliphatic carbocycles. The van der Waals surface area contributed by atoms with Crippen LogP contribution in [-0.2, 0) is 0 Å². The number of hydrogen-bond donors (Lipinski definition) is 0. The lowest BCUT2D eigenvalue weighted by atomic mass is 10.1. The summed E-state index contributed by atoms with van der Waals surface area (Å²) >= 11 is 0. The van der Waals surface area contributed by atoms with E-state index >= 15 is 0 Å². The van der Waals surface area contributed by atoms with Crippen molar-refractivity contribution in [1.82, 2.24) is 19.7 Å². The lowest BCUT2D eigenvalue weighted by Crippen LogP contribution is -2.01. The number of halogens is 3. The molecule has 2 heterocycles. The minimum absolute atomic E-state index is 0.181. The first-order chi connectivity index (χ1) is 9.63. The Morgan fingerprint density at radius 2 is 1.60 bits per heavy atom. The van der Waals surface area contributed by atoms with Gasteiger partial charge in [0.05, 0.1) is 18.6 Å². The van der Waals surface area contributed by atoms with Crippen molar-refractivity contribution in [3.05, 3.63) is 60.4 Å². The van der Waals surface area contributed by atoms with Crippen LogP contribution in [0.5, 0.6) is 0 Å². The van der Waals surface area contributed by atoms with Gasteiger partial charge in [0, 0.05) is 11.8 Å². The van der Waals surface area contributed by atoms with Crippen molar-refractivity contribution < 1.29 is 13.2 Å². The number of benzene rings is 1. The average Bonchev–Trinajstić information content (AvgIpc) is 2.92. The second-order valence-corrected chi connectivity index (χ2v) is 4.00. The monoisotopic (exact) mass is 276 g/mol. The van der Waals surface area contributed by atoms with E-state index in [0.29, 0.717) is 11.1 Å². The van der Waals surface area contributed by atoms with Crippen LogP contribution < -0.4 is 0 Å². The Morgan fingerprint density at radius 3 is 2.30 bits per heavy atom. The summed E-state index contributed by atoms with van der Waals surface area (Å²) < 4.78 is 40.1. The number of nitrogens with zero attached hydrogens (tertiary/aromatic N) is 4. The summed E-state index contributed by atoms with van der Waals surface area (Å²) in [6, 6.07) is 3.55. The third-order valence-electron chi connectivity index (χ3n) is 2.65. The van der Waals surface area contributed by atoms with Gasteiger partial charge in [-0.25, -0.2) is 27.8 Å². The summed E-state index contributed by atoms with van der Waals surface area (Å²) in [4.78, 5) is 7.53. The third kappa shape index (κ3) is 2.25. The highest BCUT2D eigenvalue weighted by Crippen LogP contribution is 2.21. The first-order valence-corrected chi connectivity index (χ1v) is 5.61. The van der Waals surface area contributed by atoms with Crippen LogP contribution in [0.3, 0.4) is 0 Å². The van der Waals surface area contributed by atoms with E-state index in [0.717, 1.165) is 24.5 Å². The molecular weight excluding hydrogens is 269 g/mol. The fraction of sp³-hybridized carbons (Fsp3) is 0. The molecule has 0 aliphatic rings. The Morgan fingerprint density at radius 1 is 0.850 bits per heavy atom. The van der Waals surface area contributed by atoms with E-state index in [1.54, 1.807) is 6.20 Å². The van der Waals surface area contributed by atoms with Gasteiger partial charge in [0.15, 0.2) is 17.5 Å². The fourth-order valence-electron chi connectivity index (χ4n) is 1.68. The van der Waals surface area contributed by atoms with Crippen LogP contribution in [-0.4, -0.2) is 19.7 Å². The normalized spacial score (nSPS) is 10.8. The highest BCUT2D eigenvalue weighted by atomic mass is 19.2. The van der Waals surface area contributed by atoms with Crippen LogP contribution in [0.15, 0.2) is 43.0 Å². The van der Waals surface area contributed by atoms with Crippen LogP contribution in [0.25, 0.3) is 17.1 Å². The van der Waals surface area contributed by atoms with Crippen molar-refractivity contribution >= 4 is 0 Å². The van der Waals surface area contributed by atoms with Gasteiger partial charge in [0.2, 0.25) is 0 Å². The maximum absolute atomic E-state index is 13.2. The average molecular weight is 276 g/mol. The molecule has 4 nitrogen and oxygen atoms in total. The van der Waals surface area contributed by atoms with E-state index in [9.17, 15) is 13.2 Å². The van der Waals surface area contributed by atoms with E-state index in [2.05, 4.69) is 15.1 Å². The van der Waals surface area contributed by atoms with Crippen LogP contribution in [0.4, 0.5) is 13.2 Å². The topological polar surface area (TPSA) is 43.6 Å². The van der Waals surface area contributed by atoms with Crippen LogP contribution in [0, 0.1) is 17.5 Å². The maximum atomic E-state index is 13.2. The van der Waals surface area contributed by atoms with Crippen molar-refractivity contribution in [2.75, 3.05) is 0 Å². The SMILES string of the molecule is Fc1cnc(-n2cc(-c3ccc(F)c(F)c3)cn2)nc1. The molecule has 20 heavy (non-hydrogen) atoms. The summed E-state index contributed by atoms with van der Waals surface area (Å²) in [5, 5.41) is 4.00. The van der Waals surface area contributed by atoms with Crippen molar-refractivity contribution in [2.45, 2.75) is 0 Å². The molecular formula is C13H7F3N4. The van der Waals surface area contributed by atoms with Gasteiger partial charge in [0.1, 0.15) is 0 Å². The molecule has 3 rings (SSSR count). The number of hydrogen-bond acceptors (Lipinski definition) is 3. The largest absolute Gasteiger partial charge is 0.250 e. The molecule has 0 N–H and O–H groups in total. The molecule has 0 radical (unpaired) electrons. The first-order valence-electron chi connectivity index (χ1n) is 5.61. The van der Waals surface area contributed by atoms with Gasteiger partial charge in [0.25, 0.3) is 5.95 Å². The molecule has 2 aromatic heterocycles. The molecule has 7 heteroatoms.